The molecule has 2 rings (SSSR count). The highest BCUT2D eigenvalue weighted by Gasteiger charge is 2.07. The van der Waals surface area contributed by atoms with Crippen molar-refractivity contribution < 1.29 is 0 Å². The number of aromatic nitrogens is 2. The van der Waals surface area contributed by atoms with Gasteiger partial charge in [-0.05, 0) is 31.9 Å². The van der Waals surface area contributed by atoms with E-state index in [2.05, 4.69) is 43.2 Å². The molecule has 1 heterocycles. The van der Waals surface area contributed by atoms with Crippen LogP contribution in [0, 0.1) is 6.92 Å². The third-order valence-electron chi connectivity index (χ3n) is 3.15. The number of aryl methyl sites for hydroxylation is 1. The molecule has 3 nitrogen and oxygen atoms in total. The minimum atomic E-state index is 0.0866. The Hall–Kier alpha value is -1.61. The van der Waals surface area contributed by atoms with Gasteiger partial charge in [-0.3, -0.25) is 4.68 Å². The second kappa shape index (κ2) is 4.72. The van der Waals surface area contributed by atoms with Crippen LogP contribution in [-0.4, -0.2) is 9.78 Å². The normalized spacial score (nSPS) is 12.7. The van der Waals surface area contributed by atoms with Crippen molar-refractivity contribution in [3.05, 3.63) is 41.7 Å². The predicted molar refractivity (Wildman–Crippen MR) is 70.7 cm³/mol. The fourth-order valence-corrected chi connectivity index (χ4v) is 2.01. The molecular weight excluding hydrogens is 210 g/mol. The monoisotopic (exact) mass is 229 g/mol. The van der Waals surface area contributed by atoms with Crippen LogP contribution in [-0.2, 0) is 6.54 Å². The molecule has 2 N–H and O–H groups in total. The lowest BCUT2D eigenvalue weighted by Gasteiger charge is -2.07. The summed E-state index contributed by atoms with van der Waals surface area (Å²) in [4.78, 5) is 0. The number of nitrogens with zero attached hydrogens (tertiary/aromatic N) is 2. The Morgan fingerprint density at radius 1 is 1.29 bits per heavy atom. The summed E-state index contributed by atoms with van der Waals surface area (Å²) in [7, 11) is 0. The molecular formula is C14H19N3. The van der Waals surface area contributed by atoms with Crippen molar-refractivity contribution in [3.8, 4) is 11.1 Å². The zero-order valence-electron chi connectivity index (χ0n) is 10.6. The standard InChI is InChI=1S/C14H19N3/c1-4-17-11(3)14(9-16-17)13-7-5-12(6-8-13)10(2)15/h5-10H,4,15H2,1-3H3. The van der Waals surface area contributed by atoms with Crippen LogP contribution in [0.5, 0.6) is 0 Å². The Balaban J connectivity index is 2.36. The van der Waals surface area contributed by atoms with Crippen LogP contribution in [0.4, 0.5) is 0 Å². The molecule has 1 aromatic carbocycles. The molecule has 1 unspecified atom stereocenters. The van der Waals surface area contributed by atoms with Crippen LogP contribution in [0.1, 0.15) is 31.1 Å². The van der Waals surface area contributed by atoms with E-state index in [4.69, 9.17) is 5.73 Å². The van der Waals surface area contributed by atoms with Gasteiger partial charge in [-0.15, -0.1) is 0 Å². The number of hydrogen-bond acceptors (Lipinski definition) is 2. The summed E-state index contributed by atoms with van der Waals surface area (Å²) in [6, 6.07) is 8.49. The molecule has 0 radical (unpaired) electrons. The van der Waals surface area contributed by atoms with Gasteiger partial charge >= 0.3 is 0 Å². The van der Waals surface area contributed by atoms with Gasteiger partial charge in [-0.25, -0.2) is 0 Å². The third-order valence-corrected chi connectivity index (χ3v) is 3.15. The van der Waals surface area contributed by atoms with E-state index in [9.17, 15) is 0 Å². The lowest BCUT2D eigenvalue weighted by Crippen LogP contribution is -2.04. The van der Waals surface area contributed by atoms with Gasteiger partial charge in [-0.1, -0.05) is 24.3 Å². The number of nitrogens with two attached hydrogens (primary N) is 1. The average Bonchev–Trinajstić information content (AvgIpc) is 2.70. The van der Waals surface area contributed by atoms with Crippen LogP contribution in [0.25, 0.3) is 11.1 Å². The summed E-state index contributed by atoms with van der Waals surface area (Å²) in [5.74, 6) is 0. The molecule has 0 amide bonds. The summed E-state index contributed by atoms with van der Waals surface area (Å²) in [6.07, 6.45) is 1.93. The van der Waals surface area contributed by atoms with E-state index < -0.39 is 0 Å². The van der Waals surface area contributed by atoms with Gasteiger partial charge in [0.2, 0.25) is 0 Å². The molecule has 0 saturated heterocycles. The summed E-state index contributed by atoms with van der Waals surface area (Å²) in [5, 5.41) is 4.36. The van der Waals surface area contributed by atoms with E-state index in [1.54, 1.807) is 0 Å². The zero-order chi connectivity index (χ0) is 12.4. The topological polar surface area (TPSA) is 43.8 Å². The van der Waals surface area contributed by atoms with Crippen molar-refractivity contribution >= 4 is 0 Å². The van der Waals surface area contributed by atoms with Crippen LogP contribution < -0.4 is 5.73 Å². The van der Waals surface area contributed by atoms with Crippen LogP contribution in [0.3, 0.4) is 0 Å². The number of benzene rings is 1. The van der Waals surface area contributed by atoms with E-state index in [1.807, 2.05) is 17.8 Å². The maximum Gasteiger partial charge on any atom is 0.0571 e. The lowest BCUT2D eigenvalue weighted by atomic mass is 10.0. The van der Waals surface area contributed by atoms with Gasteiger partial charge in [0.15, 0.2) is 0 Å². The summed E-state index contributed by atoms with van der Waals surface area (Å²) in [5.41, 5.74) is 10.6. The first-order chi connectivity index (χ1) is 8.13. The third kappa shape index (κ3) is 2.24. The van der Waals surface area contributed by atoms with Crippen molar-refractivity contribution in [2.45, 2.75) is 33.4 Å². The van der Waals surface area contributed by atoms with Gasteiger partial charge in [0.1, 0.15) is 0 Å². The van der Waals surface area contributed by atoms with Crippen LogP contribution >= 0.6 is 0 Å². The van der Waals surface area contributed by atoms with E-state index in [1.165, 1.54) is 16.8 Å². The Morgan fingerprint density at radius 3 is 2.41 bits per heavy atom. The number of hydrogen-bond donors (Lipinski definition) is 1. The fourth-order valence-electron chi connectivity index (χ4n) is 2.01. The van der Waals surface area contributed by atoms with Crippen molar-refractivity contribution in [1.82, 2.24) is 9.78 Å². The van der Waals surface area contributed by atoms with Crippen molar-refractivity contribution in [2.24, 2.45) is 5.73 Å². The van der Waals surface area contributed by atoms with E-state index in [-0.39, 0.29) is 6.04 Å². The van der Waals surface area contributed by atoms with Gasteiger partial charge < -0.3 is 5.73 Å². The largest absolute Gasteiger partial charge is 0.324 e. The molecule has 0 saturated carbocycles. The second-order valence-electron chi connectivity index (χ2n) is 4.37. The smallest absolute Gasteiger partial charge is 0.0571 e. The molecule has 1 aromatic heterocycles. The van der Waals surface area contributed by atoms with Gasteiger partial charge in [0.25, 0.3) is 0 Å². The van der Waals surface area contributed by atoms with Crippen molar-refractivity contribution in [3.63, 3.8) is 0 Å². The second-order valence-corrected chi connectivity index (χ2v) is 4.37. The molecule has 0 bridgehead atoms. The zero-order valence-corrected chi connectivity index (χ0v) is 10.6. The van der Waals surface area contributed by atoms with Gasteiger partial charge in [0, 0.05) is 23.8 Å². The van der Waals surface area contributed by atoms with E-state index in [0.29, 0.717) is 0 Å². The maximum absolute atomic E-state index is 5.84. The number of rotatable bonds is 3. The SMILES string of the molecule is CCn1ncc(-c2ccc(C(C)N)cc2)c1C. The predicted octanol–water partition coefficient (Wildman–Crippen LogP) is 2.90. The van der Waals surface area contributed by atoms with E-state index in [0.717, 1.165) is 12.1 Å². The maximum atomic E-state index is 5.84. The molecule has 0 aliphatic carbocycles. The van der Waals surface area contributed by atoms with Crippen LogP contribution in [0.2, 0.25) is 0 Å². The quantitative estimate of drug-likeness (QED) is 0.879. The Bertz CT molecular complexity index is 495. The van der Waals surface area contributed by atoms with Gasteiger partial charge in [0.05, 0.1) is 6.20 Å². The molecule has 0 spiro atoms. The molecule has 90 valence electrons. The Morgan fingerprint density at radius 2 is 1.94 bits per heavy atom. The molecule has 0 aliphatic rings. The molecule has 3 heteroatoms. The van der Waals surface area contributed by atoms with Gasteiger partial charge in [-0.2, -0.15) is 5.10 Å². The highest BCUT2D eigenvalue weighted by Crippen LogP contribution is 2.24. The molecule has 2 aromatic rings. The van der Waals surface area contributed by atoms with Crippen molar-refractivity contribution in [2.75, 3.05) is 0 Å². The first kappa shape index (κ1) is 11.9. The fraction of sp³-hybridized carbons (Fsp3) is 0.357. The summed E-state index contributed by atoms with van der Waals surface area (Å²) < 4.78 is 2.01. The Kier molecular flexibility index (Phi) is 3.29. The van der Waals surface area contributed by atoms with Crippen LogP contribution in [0.15, 0.2) is 30.5 Å². The average molecular weight is 229 g/mol. The highest BCUT2D eigenvalue weighted by molar-refractivity contribution is 5.65. The summed E-state index contributed by atoms with van der Waals surface area (Å²) in [6.45, 7) is 7.10. The highest BCUT2D eigenvalue weighted by atomic mass is 15.3. The van der Waals surface area contributed by atoms with Crippen molar-refractivity contribution in [1.29, 1.82) is 0 Å². The van der Waals surface area contributed by atoms with E-state index >= 15 is 0 Å². The Labute approximate surface area is 102 Å². The minimum Gasteiger partial charge on any atom is -0.324 e. The first-order valence-electron chi connectivity index (χ1n) is 6.01. The molecule has 17 heavy (non-hydrogen) atoms. The summed E-state index contributed by atoms with van der Waals surface area (Å²) >= 11 is 0. The molecule has 0 aliphatic heterocycles. The first-order valence-corrected chi connectivity index (χ1v) is 6.01. The molecule has 1 atom stereocenters. The minimum absolute atomic E-state index is 0.0866. The molecule has 0 fully saturated rings. The lowest BCUT2D eigenvalue weighted by molar-refractivity contribution is 0.640.